The van der Waals surface area contributed by atoms with Crippen LogP contribution in [0.5, 0.6) is 0 Å². The van der Waals surface area contributed by atoms with Gasteiger partial charge in [-0.1, -0.05) is 166 Å². The number of hydrogen-bond donors (Lipinski definition) is 0. The Morgan fingerprint density at radius 2 is 0.867 bits per heavy atom. The number of hydrogen-bond acceptors (Lipinski definition) is 16. The van der Waals surface area contributed by atoms with Gasteiger partial charge in [0.15, 0.2) is 24.2 Å². The Kier molecular flexibility index (Phi) is 20.6. The molecule has 14 rings (SSSR count). The molecule has 4 aliphatic heterocycles. The van der Waals surface area contributed by atoms with E-state index in [1.54, 1.807) is 81.4 Å². The van der Waals surface area contributed by atoms with Crippen molar-refractivity contribution < 1.29 is 55.5 Å². The predicted octanol–water partition coefficient (Wildman–Crippen LogP) is 15.9. The average Bonchev–Trinajstić information content (AvgIpc) is 1.39. The summed E-state index contributed by atoms with van der Waals surface area (Å²) >= 11 is 38.7. The zero-order valence-corrected chi connectivity index (χ0v) is 56.6. The van der Waals surface area contributed by atoms with Gasteiger partial charge in [-0.15, -0.1) is 10.2 Å². The number of benzene rings is 6. The van der Waals surface area contributed by atoms with Gasteiger partial charge in [0.25, 0.3) is 0 Å². The summed E-state index contributed by atoms with van der Waals surface area (Å²) in [5, 5.41) is 27.7. The number of unbranched alkanes of at least 4 members (excludes halogenated alkanes) is 5. The highest BCUT2D eigenvalue weighted by molar-refractivity contribution is 6.35. The standard InChI is InChI=1S/C68H60Cl6F4N12O8/c1-35-79-65(89(83-35)51-29-41(69)19-21-43(51)71)63-61(57(59-53(95-63)33-93-67(97-59)37-15-9-7-10-16-37)87-31-49(81-85-87)39-25-45(75)55(73)46(76)26-39)91-23-13-5-3-4-6-14-24-92-62-58(88-32-50(82-86-88)40-27-47(77)56(74)48(78)28-40)60-54(34-94-68(98-60)38-17-11-8-12-18-38)96-64(62)66-80-36(2)84-90(66)52-30-42(70)20-22-44(52)72/h7-12,15-22,25-32,53-54,57-64,67-68H,3-6,13-14,23-24,33-34H2,1-2H3. The number of fused-ring (bicyclic) bond motifs is 2. The fourth-order valence-electron chi connectivity index (χ4n) is 12.9. The summed E-state index contributed by atoms with van der Waals surface area (Å²) in [6, 6.07) is 31.6. The summed E-state index contributed by atoms with van der Waals surface area (Å²) in [5.41, 5.74) is 2.91. The molecule has 0 N–H and O–H groups in total. The number of aromatic nitrogens is 12. The lowest BCUT2D eigenvalue weighted by molar-refractivity contribution is -0.323. The first kappa shape index (κ1) is 68.2. The molecule has 30 heteroatoms. The Hall–Kier alpha value is -6.98. The van der Waals surface area contributed by atoms with E-state index in [4.69, 9.17) is 128 Å². The van der Waals surface area contributed by atoms with Gasteiger partial charge in [-0.2, -0.15) is 10.2 Å². The van der Waals surface area contributed by atoms with Crippen LogP contribution >= 0.6 is 69.6 Å². The van der Waals surface area contributed by atoms with Gasteiger partial charge >= 0.3 is 0 Å². The van der Waals surface area contributed by atoms with E-state index in [1.807, 2.05) is 60.7 Å². The Labute approximate surface area is 588 Å². The Morgan fingerprint density at radius 3 is 1.27 bits per heavy atom. The van der Waals surface area contributed by atoms with E-state index in [-0.39, 0.29) is 48.9 Å². The average molecular weight is 1460 g/mol. The second-order valence-electron chi connectivity index (χ2n) is 24.0. The second-order valence-corrected chi connectivity index (χ2v) is 26.5. The molecule has 4 fully saturated rings. The monoisotopic (exact) mass is 1460 g/mol. The van der Waals surface area contributed by atoms with Gasteiger partial charge in [0.2, 0.25) is 0 Å². The number of aryl methyl sites for hydroxylation is 2. The molecule has 0 aliphatic carbocycles. The van der Waals surface area contributed by atoms with Crippen LogP contribution in [-0.2, 0) is 37.9 Å². The van der Waals surface area contributed by atoms with Crippen molar-refractivity contribution in [3.05, 3.63) is 222 Å². The maximum atomic E-state index is 15.0. The van der Waals surface area contributed by atoms with Crippen molar-refractivity contribution in [3.63, 3.8) is 0 Å². The van der Waals surface area contributed by atoms with Crippen LogP contribution in [0, 0.1) is 37.1 Å². The largest absolute Gasteiger partial charge is 0.373 e. The molecule has 0 bridgehead atoms. The van der Waals surface area contributed by atoms with Crippen molar-refractivity contribution in [1.82, 2.24) is 59.5 Å². The summed E-state index contributed by atoms with van der Waals surface area (Å²) < 4.78 is 121. The van der Waals surface area contributed by atoms with Crippen molar-refractivity contribution in [2.24, 2.45) is 0 Å². The zero-order chi connectivity index (χ0) is 67.9. The molecule has 4 aromatic heterocycles. The van der Waals surface area contributed by atoms with Crippen molar-refractivity contribution in [2.75, 3.05) is 26.4 Å². The number of halogens is 10. The van der Waals surface area contributed by atoms with E-state index in [9.17, 15) is 0 Å². The maximum absolute atomic E-state index is 15.0. The van der Waals surface area contributed by atoms with Crippen LogP contribution < -0.4 is 0 Å². The van der Waals surface area contributed by atoms with E-state index in [2.05, 4.69) is 20.6 Å². The van der Waals surface area contributed by atoms with E-state index < -0.39 is 107 Å². The van der Waals surface area contributed by atoms with Crippen LogP contribution in [-0.4, -0.2) is 123 Å². The van der Waals surface area contributed by atoms with Crippen LogP contribution in [0.3, 0.4) is 0 Å². The van der Waals surface area contributed by atoms with Crippen molar-refractivity contribution in [2.45, 2.75) is 126 Å². The first-order chi connectivity index (χ1) is 47.5. The Balaban J connectivity index is 0.719. The molecule has 510 valence electrons. The lowest BCUT2D eigenvalue weighted by Crippen LogP contribution is -2.57. The van der Waals surface area contributed by atoms with Crippen molar-refractivity contribution in [3.8, 4) is 33.9 Å². The molecule has 4 saturated heterocycles. The molecule has 10 aromatic rings. The van der Waals surface area contributed by atoms with Gasteiger partial charge in [0.1, 0.15) is 117 Å². The molecular weight excluding hydrogens is 1400 g/mol. The SMILES string of the molecule is Cc1nc(C2OC3COC(c4ccccc4)OC3C(n3cc(-c4cc(F)c(Cl)c(F)c4)nn3)C2OCCCCCCCCOC2C(c3nc(C)nn3-c3cc(Cl)ccc3Cl)OC3COC(c4ccccc4)OC3C2n2cc(-c3cc(F)c(Cl)c(F)c3)nn2)n(-c2cc(Cl)ccc2Cl)n1. The summed E-state index contributed by atoms with van der Waals surface area (Å²) in [7, 11) is 0. The summed E-state index contributed by atoms with van der Waals surface area (Å²) in [4.78, 5) is 9.84. The normalized spacial score (nSPS) is 24.0. The van der Waals surface area contributed by atoms with Gasteiger partial charge in [0, 0.05) is 45.5 Å². The fourth-order valence-corrected chi connectivity index (χ4v) is 13.8. The first-order valence-corrected chi connectivity index (χ1v) is 33.9. The minimum Gasteiger partial charge on any atom is -0.373 e. The maximum Gasteiger partial charge on any atom is 0.184 e. The highest BCUT2D eigenvalue weighted by Gasteiger charge is 2.56. The highest BCUT2D eigenvalue weighted by atomic mass is 35.5. The van der Waals surface area contributed by atoms with E-state index in [1.165, 1.54) is 0 Å². The Morgan fingerprint density at radius 1 is 0.480 bits per heavy atom. The number of rotatable bonds is 21. The van der Waals surface area contributed by atoms with Gasteiger partial charge < -0.3 is 37.9 Å². The summed E-state index contributed by atoms with van der Waals surface area (Å²) in [6.45, 7) is 4.09. The third kappa shape index (κ3) is 14.2. The zero-order valence-electron chi connectivity index (χ0n) is 52.1. The molecule has 0 radical (unpaired) electrons. The molecule has 20 nitrogen and oxygen atoms in total. The summed E-state index contributed by atoms with van der Waals surface area (Å²) in [5.74, 6) is -2.38. The molecular formula is C68H60Cl6F4N12O8. The van der Waals surface area contributed by atoms with Gasteiger partial charge in [-0.25, -0.2) is 46.3 Å². The number of ether oxygens (including phenoxy) is 8. The second kappa shape index (κ2) is 29.7. The molecule has 0 saturated carbocycles. The molecule has 12 atom stereocenters. The van der Waals surface area contributed by atoms with Crippen LogP contribution in [0.25, 0.3) is 33.9 Å². The minimum atomic E-state index is -0.988. The lowest BCUT2D eigenvalue weighted by atomic mass is 9.90. The van der Waals surface area contributed by atoms with Crippen LogP contribution in [0.1, 0.15) is 110 Å². The van der Waals surface area contributed by atoms with E-state index in [0.717, 1.165) is 61.1 Å². The van der Waals surface area contributed by atoms with Crippen LogP contribution in [0.4, 0.5) is 17.6 Å². The smallest absolute Gasteiger partial charge is 0.184 e. The molecule has 8 heterocycles. The molecule has 0 spiro atoms. The van der Waals surface area contributed by atoms with Crippen molar-refractivity contribution >= 4 is 69.6 Å². The lowest BCUT2D eigenvalue weighted by Gasteiger charge is -2.49. The van der Waals surface area contributed by atoms with Gasteiger partial charge in [-0.05, 0) is 87.4 Å². The Bertz CT molecular complexity index is 4160. The van der Waals surface area contributed by atoms with Crippen LogP contribution in [0.15, 0.2) is 134 Å². The molecule has 6 aromatic carbocycles. The fraction of sp³-hybridized carbons (Fsp3) is 0.353. The quantitative estimate of drug-likeness (QED) is 0.0374. The van der Waals surface area contributed by atoms with Gasteiger partial charge in [-0.3, -0.25) is 0 Å². The van der Waals surface area contributed by atoms with E-state index >= 15 is 17.6 Å². The third-order valence-electron chi connectivity index (χ3n) is 17.5. The van der Waals surface area contributed by atoms with Crippen molar-refractivity contribution in [1.29, 1.82) is 0 Å². The molecule has 0 amide bonds. The minimum absolute atomic E-state index is 0.0763. The molecule has 12 unspecified atom stereocenters. The first-order valence-electron chi connectivity index (χ1n) is 31.6. The van der Waals surface area contributed by atoms with Gasteiger partial charge in [0.05, 0.1) is 47.0 Å². The predicted molar refractivity (Wildman–Crippen MR) is 354 cm³/mol. The molecule has 98 heavy (non-hydrogen) atoms. The highest BCUT2D eigenvalue weighted by Crippen LogP contribution is 2.49. The number of nitrogens with zero attached hydrogens (tertiary/aromatic N) is 12. The molecule has 4 aliphatic rings. The summed E-state index contributed by atoms with van der Waals surface area (Å²) in [6.07, 6.45) is -1.15. The topological polar surface area (TPSA) is 197 Å². The van der Waals surface area contributed by atoms with Crippen LogP contribution in [0.2, 0.25) is 30.1 Å². The third-order valence-corrected chi connectivity index (χ3v) is 19.3. The van der Waals surface area contributed by atoms with E-state index in [0.29, 0.717) is 67.6 Å².